The molecule has 1 aliphatic carbocycles. The van der Waals surface area contributed by atoms with Crippen LogP contribution in [0.15, 0.2) is 146 Å². The third-order valence-electron chi connectivity index (χ3n) is 13.6. The van der Waals surface area contributed by atoms with E-state index in [0.29, 0.717) is 0 Å². The van der Waals surface area contributed by atoms with Crippen molar-refractivity contribution in [3.8, 4) is 27.9 Å². The predicted molar refractivity (Wildman–Crippen MR) is 263 cm³/mol. The normalized spacial score (nSPS) is 14.0. The van der Waals surface area contributed by atoms with Crippen molar-refractivity contribution >= 4 is 114 Å². The number of nitrogens with zero attached hydrogens (tertiary/aromatic N) is 1. The maximum Gasteiger partial charge on any atom is 0.197 e. The maximum absolute atomic E-state index is 3.97. The molecule has 60 heavy (non-hydrogen) atoms. The third kappa shape index (κ3) is 4.76. The summed E-state index contributed by atoms with van der Waals surface area (Å²) in [6, 6.07) is 55.3. The third-order valence-corrected chi connectivity index (χ3v) is 15.8. The van der Waals surface area contributed by atoms with Gasteiger partial charge in [-0.25, -0.2) is 0 Å². The van der Waals surface area contributed by atoms with Crippen LogP contribution in [-0.4, -0.2) is 11.8 Å². The maximum atomic E-state index is 3.97. The minimum atomic E-state index is -0.139. The van der Waals surface area contributed by atoms with Crippen LogP contribution in [0.2, 0.25) is 0 Å². The van der Waals surface area contributed by atoms with Crippen LogP contribution in [0.1, 0.15) is 51.3 Å². The molecule has 1 aliphatic heterocycles. The molecule has 1 radical (unpaired) electrons. The zero-order valence-corrected chi connectivity index (χ0v) is 35.8. The van der Waals surface area contributed by atoms with E-state index in [9.17, 15) is 0 Å². The van der Waals surface area contributed by atoms with E-state index in [1.807, 2.05) is 22.7 Å². The lowest BCUT2D eigenvalue weighted by molar-refractivity contribution is 0.590. The van der Waals surface area contributed by atoms with Gasteiger partial charge in [-0.1, -0.05) is 131 Å². The van der Waals surface area contributed by atoms with Crippen LogP contribution in [0.25, 0.3) is 90.1 Å². The van der Waals surface area contributed by atoms with Crippen LogP contribution in [-0.2, 0) is 10.8 Å². The van der Waals surface area contributed by atoms with Crippen LogP contribution >= 0.6 is 22.7 Å². The molecule has 5 heteroatoms. The van der Waals surface area contributed by atoms with Crippen molar-refractivity contribution in [2.24, 2.45) is 0 Å². The van der Waals surface area contributed by atoms with E-state index in [0.717, 1.165) is 11.4 Å². The van der Waals surface area contributed by atoms with Gasteiger partial charge in [-0.3, -0.25) is 0 Å². The summed E-state index contributed by atoms with van der Waals surface area (Å²) in [6.07, 6.45) is 0. The highest BCUT2D eigenvalue weighted by atomic mass is 32.1. The van der Waals surface area contributed by atoms with Gasteiger partial charge in [-0.05, 0) is 104 Å². The lowest BCUT2D eigenvalue weighted by Gasteiger charge is -2.26. The number of hydrogen-bond donors (Lipinski definition) is 1. The first-order valence-corrected chi connectivity index (χ1v) is 22.6. The first kappa shape index (κ1) is 34.7. The number of rotatable bonds is 3. The molecule has 285 valence electrons. The second-order valence-electron chi connectivity index (χ2n) is 18.4. The Labute approximate surface area is 358 Å². The summed E-state index contributed by atoms with van der Waals surface area (Å²) in [4.78, 5) is 0. The molecular weight excluding hydrogens is 764 g/mol. The van der Waals surface area contributed by atoms with Gasteiger partial charge in [0.25, 0.3) is 0 Å². The lowest BCUT2D eigenvalue weighted by Crippen LogP contribution is -2.37. The molecule has 0 spiro atoms. The van der Waals surface area contributed by atoms with Crippen molar-refractivity contribution in [1.29, 1.82) is 0 Å². The molecule has 11 aromatic rings. The minimum Gasteiger partial charge on any atom is -0.355 e. The van der Waals surface area contributed by atoms with Gasteiger partial charge in [0.15, 0.2) is 7.28 Å². The molecule has 8 aromatic carbocycles. The zero-order valence-electron chi connectivity index (χ0n) is 34.2. The summed E-state index contributed by atoms with van der Waals surface area (Å²) < 4.78 is 7.91. The van der Waals surface area contributed by atoms with Gasteiger partial charge in [0.1, 0.15) is 0 Å². The Balaban J connectivity index is 1.11. The molecule has 0 bridgehead atoms. The van der Waals surface area contributed by atoms with Crippen molar-refractivity contribution in [3.63, 3.8) is 0 Å². The van der Waals surface area contributed by atoms with Crippen LogP contribution in [0.4, 0.5) is 11.4 Å². The summed E-state index contributed by atoms with van der Waals surface area (Å²) in [7, 11) is 2.49. The Morgan fingerprint density at radius 3 is 1.97 bits per heavy atom. The molecular formula is C55H40BN2S2. The smallest absolute Gasteiger partial charge is 0.197 e. The number of anilines is 2. The summed E-state index contributed by atoms with van der Waals surface area (Å²) in [5, 5.41) is 11.9. The Morgan fingerprint density at radius 2 is 1.22 bits per heavy atom. The first-order chi connectivity index (χ1) is 29.1. The number of fused-ring (bicyclic) bond motifs is 14. The Hall–Kier alpha value is -6.14. The van der Waals surface area contributed by atoms with Gasteiger partial charge in [0, 0.05) is 79.3 Å². The average molecular weight is 804 g/mol. The number of thiophene rings is 2. The van der Waals surface area contributed by atoms with Gasteiger partial charge >= 0.3 is 0 Å². The number of hydrogen-bond acceptors (Lipinski definition) is 3. The highest BCUT2D eigenvalue weighted by molar-refractivity contribution is 7.26. The summed E-state index contributed by atoms with van der Waals surface area (Å²) in [5.74, 6) is 0. The fourth-order valence-corrected chi connectivity index (χ4v) is 12.7. The predicted octanol–water partition coefficient (Wildman–Crippen LogP) is 14.5. The average Bonchev–Trinajstić information content (AvgIpc) is 3.96. The highest BCUT2D eigenvalue weighted by Gasteiger charge is 2.37. The number of nitrogens with one attached hydrogen (secondary N) is 1. The molecule has 4 heterocycles. The minimum absolute atomic E-state index is 0.0817. The largest absolute Gasteiger partial charge is 0.355 e. The lowest BCUT2D eigenvalue weighted by atomic mass is 9.59. The topological polar surface area (TPSA) is 17.0 Å². The summed E-state index contributed by atoms with van der Waals surface area (Å²) in [6.45, 7) is 11.6. The fraction of sp³-hybridized carbons (Fsp3) is 0.127. The van der Waals surface area contributed by atoms with Crippen LogP contribution in [0.3, 0.4) is 0 Å². The molecule has 1 N–H and O–H groups in total. The summed E-state index contributed by atoms with van der Waals surface area (Å²) in [5.41, 5.74) is 17.6. The van der Waals surface area contributed by atoms with Crippen molar-refractivity contribution in [2.75, 3.05) is 5.32 Å². The molecule has 0 saturated carbocycles. The van der Waals surface area contributed by atoms with E-state index >= 15 is 0 Å². The first-order valence-electron chi connectivity index (χ1n) is 21.0. The van der Waals surface area contributed by atoms with Crippen molar-refractivity contribution in [1.82, 2.24) is 4.57 Å². The molecule has 13 rings (SSSR count). The Morgan fingerprint density at radius 1 is 0.533 bits per heavy atom. The zero-order chi connectivity index (χ0) is 40.2. The second kappa shape index (κ2) is 12.0. The monoisotopic (exact) mass is 803 g/mol. The molecule has 3 aromatic heterocycles. The van der Waals surface area contributed by atoms with Crippen LogP contribution < -0.4 is 16.2 Å². The van der Waals surface area contributed by atoms with Gasteiger partial charge in [-0.15, -0.1) is 22.7 Å². The Bertz CT molecular complexity index is 3670. The Kier molecular flexibility index (Phi) is 6.94. The van der Waals surface area contributed by atoms with Gasteiger partial charge in [-0.2, -0.15) is 0 Å². The molecule has 0 unspecified atom stereocenters. The van der Waals surface area contributed by atoms with E-state index in [-0.39, 0.29) is 10.8 Å². The van der Waals surface area contributed by atoms with E-state index in [2.05, 4.69) is 197 Å². The van der Waals surface area contributed by atoms with Gasteiger partial charge in [0.05, 0.1) is 5.52 Å². The number of aromatic nitrogens is 1. The quantitative estimate of drug-likeness (QED) is 0.176. The van der Waals surface area contributed by atoms with Crippen molar-refractivity contribution < 1.29 is 0 Å². The van der Waals surface area contributed by atoms with E-state index < -0.39 is 0 Å². The molecule has 0 amide bonds. The van der Waals surface area contributed by atoms with E-state index in [1.165, 1.54) is 118 Å². The summed E-state index contributed by atoms with van der Waals surface area (Å²) >= 11 is 3.79. The fourth-order valence-electron chi connectivity index (χ4n) is 10.5. The molecule has 0 atom stereocenters. The molecule has 0 saturated heterocycles. The molecule has 2 aliphatic rings. The van der Waals surface area contributed by atoms with Crippen molar-refractivity contribution in [3.05, 3.63) is 162 Å². The van der Waals surface area contributed by atoms with Crippen LogP contribution in [0, 0.1) is 0 Å². The standard InChI is InChI=1S/C55H40BN2S2/c1-54(2,3)30-18-20-31(21-19-30)57-45-27-37-32-12-6-9-15-42(32)55(4,5)43(37)25-38(45)35-22-23-36-39-24-40-33-13-7-10-16-48(33)59-50(40)28-46(39)58-47-29-51-41(26-44(47)56-52(35)53(36)58)34-14-8-11-17-49(34)60-51/h6-29,57H,1-5H3. The van der Waals surface area contributed by atoms with Gasteiger partial charge in [0.2, 0.25) is 0 Å². The molecule has 0 fully saturated rings. The highest BCUT2D eigenvalue weighted by Crippen LogP contribution is 2.52. The van der Waals surface area contributed by atoms with E-state index in [1.54, 1.807) is 0 Å². The van der Waals surface area contributed by atoms with Crippen LogP contribution in [0.5, 0.6) is 0 Å². The van der Waals surface area contributed by atoms with Crippen molar-refractivity contribution in [2.45, 2.75) is 45.4 Å². The van der Waals surface area contributed by atoms with Gasteiger partial charge < -0.3 is 9.88 Å². The van der Waals surface area contributed by atoms with E-state index in [4.69, 9.17) is 0 Å². The molecule has 2 nitrogen and oxygen atoms in total. The SMILES string of the molecule is CC(C)(C)c1ccc(Nc2cc3c(cc2-c2ccc4c5cc6c(cc5n5c4c2[B]c2cc4c(cc2-5)sc2ccccc24)sc2ccccc26)C(C)(C)c2ccccc2-3)cc1. The second-order valence-corrected chi connectivity index (χ2v) is 20.6. The number of benzene rings is 8.